The molecule has 100 valence electrons. The maximum atomic E-state index is 9.94. The number of benzene rings is 1. The van der Waals surface area contributed by atoms with Gasteiger partial charge in [-0.15, -0.1) is 0 Å². The standard InChI is InChI=1S/C15H18N2O2/c18-12-8-10-4-3-5-11(9-12)17(10)15-16-13-6-1-2-7-14(13)19-15/h1-2,6-7,10-12,18H,3-5,8-9H2/t10-,11+,12?. The van der Waals surface area contributed by atoms with Crippen molar-refractivity contribution in [1.29, 1.82) is 0 Å². The summed E-state index contributed by atoms with van der Waals surface area (Å²) in [4.78, 5) is 6.94. The molecule has 19 heavy (non-hydrogen) atoms. The number of para-hydroxylation sites is 2. The van der Waals surface area contributed by atoms with Gasteiger partial charge in [0.05, 0.1) is 6.10 Å². The van der Waals surface area contributed by atoms with E-state index in [1.807, 2.05) is 24.3 Å². The highest BCUT2D eigenvalue weighted by molar-refractivity contribution is 5.74. The molecule has 2 aromatic rings. The molecule has 2 saturated heterocycles. The zero-order chi connectivity index (χ0) is 12.8. The van der Waals surface area contributed by atoms with Crippen LogP contribution >= 0.6 is 0 Å². The highest BCUT2D eigenvalue weighted by Crippen LogP contribution is 2.38. The Morgan fingerprint density at radius 1 is 1.16 bits per heavy atom. The molecule has 4 heteroatoms. The third-order valence-corrected chi connectivity index (χ3v) is 4.45. The molecule has 0 aliphatic carbocycles. The zero-order valence-electron chi connectivity index (χ0n) is 10.8. The molecule has 2 bridgehead atoms. The highest BCUT2D eigenvalue weighted by atomic mass is 16.4. The van der Waals surface area contributed by atoms with E-state index < -0.39 is 0 Å². The Hall–Kier alpha value is -1.55. The lowest BCUT2D eigenvalue weighted by Gasteiger charge is -2.46. The van der Waals surface area contributed by atoms with Gasteiger partial charge in [-0.05, 0) is 44.2 Å². The molecule has 1 unspecified atom stereocenters. The molecule has 0 saturated carbocycles. The highest BCUT2D eigenvalue weighted by Gasteiger charge is 2.39. The molecule has 0 radical (unpaired) electrons. The maximum Gasteiger partial charge on any atom is 0.298 e. The number of nitrogens with zero attached hydrogens (tertiary/aromatic N) is 2. The van der Waals surface area contributed by atoms with Crippen molar-refractivity contribution in [2.75, 3.05) is 4.90 Å². The second-order valence-electron chi connectivity index (χ2n) is 5.74. The van der Waals surface area contributed by atoms with Gasteiger partial charge in [0.1, 0.15) is 5.52 Å². The predicted octanol–water partition coefficient (Wildman–Crippen LogP) is 2.71. The largest absolute Gasteiger partial charge is 0.423 e. The molecule has 3 atom stereocenters. The minimum atomic E-state index is -0.157. The van der Waals surface area contributed by atoms with E-state index in [2.05, 4.69) is 9.88 Å². The summed E-state index contributed by atoms with van der Waals surface area (Å²) in [6.45, 7) is 0. The normalized spacial score (nSPS) is 30.8. The van der Waals surface area contributed by atoms with Gasteiger partial charge in [0, 0.05) is 12.1 Å². The summed E-state index contributed by atoms with van der Waals surface area (Å²) in [7, 11) is 0. The van der Waals surface area contributed by atoms with Crippen LogP contribution in [0.2, 0.25) is 0 Å². The predicted molar refractivity (Wildman–Crippen MR) is 73.2 cm³/mol. The second-order valence-corrected chi connectivity index (χ2v) is 5.74. The van der Waals surface area contributed by atoms with Crippen molar-refractivity contribution in [3.8, 4) is 0 Å². The van der Waals surface area contributed by atoms with Crippen molar-refractivity contribution in [2.24, 2.45) is 0 Å². The molecular weight excluding hydrogens is 240 g/mol. The Morgan fingerprint density at radius 3 is 2.63 bits per heavy atom. The topological polar surface area (TPSA) is 49.5 Å². The fraction of sp³-hybridized carbons (Fsp3) is 0.533. The Morgan fingerprint density at radius 2 is 1.89 bits per heavy atom. The minimum absolute atomic E-state index is 0.157. The molecule has 4 nitrogen and oxygen atoms in total. The van der Waals surface area contributed by atoms with Crippen molar-refractivity contribution in [1.82, 2.24) is 4.98 Å². The molecule has 1 aromatic carbocycles. The third kappa shape index (κ3) is 1.82. The van der Waals surface area contributed by atoms with Gasteiger partial charge in [0.15, 0.2) is 5.58 Å². The molecule has 2 aliphatic rings. The van der Waals surface area contributed by atoms with E-state index >= 15 is 0 Å². The minimum Gasteiger partial charge on any atom is -0.423 e. The van der Waals surface area contributed by atoms with Gasteiger partial charge >= 0.3 is 0 Å². The Balaban J connectivity index is 1.74. The molecule has 3 heterocycles. The molecule has 0 amide bonds. The molecule has 2 fully saturated rings. The summed E-state index contributed by atoms with van der Waals surface area (Å²) in [5, 5.41) is 9.94. The van der Waals surface area contributed by atoms with Crippen LogP contribution in [0.1, 0.15) is 32.1 Å². The Labute approximate surface area is 112 Å². The second kappa shape index (κ2) is 4.23. The smallest absolute Gasteiger partial charge is 0.298 e. The fourth-order valence-corrected chi connectivity index (χ4v) is 3.64. The van der Waals surface area contributed by atoms with Gasteiger partial charge in [-0.1, -0.05) is 12.1 Å². The monoisotopic (exact) mass is 258 g/mol. The summed E-state index contributed by atoms with van der Waals surface area (Å²) in [6, 6.07) is 9.40. The zero-order valence-corrected chi connectivity index (χ0v) is 10.8. The molecule has 1 N–H and O–H groups in total. The van der Waals surface area contributed by atoms with Crippen molar-refractivity contribution >= 4 is 17.1 Å². The molecular formula is C15H18N2O2. The van der Waals surface area contributed by atoms with Gasteiger partial charge in [-0.3, -0.25) is 0 Å². The summed E-state index contributed by atoms with van der Waals surface area (Å²) in [5.74, 6) is 0. The number of hydrogen-bond acceptors (Lipinski definition) is 4. The number of aliphatic hydroxyl groups excluding tert-OH is 1. The van der Waals surface area contributed by atoms with E-state index in [1.165, 1.54) is 6.42 Å². The number of aliphatic hydroxyl groups is 1. The van der Waals surface area contributed by atoms with Gasteiger partial charge in [0.2, 0.25) is 0 Å². The van der Waals surface area contributed by atoms with Crippen LogP contribution in [0.3, 0.4) is 0 Å². The van der Waals surface area contributed by atoms with E-state index in [0.29, 0.717) is 12.1 Å². The van der Waals surface area contributed by atoms with Crippen LogP contribution in [0, 0.1) is 0 Å². The summed E-state index contributed by atoms with van der Waals surface area (Å²) in [5.41, 5.74) is 1.77. The summed E-state index contributed by atoms with van der Waals surface area (Å²) >= 11 is 0. The van der Waals surface area contributed by atoms with E-state index in [1.54, 1.807) is 0 Å². The fourth-order valence-electron chi connectivity index (χ4n) is 3.64. The number of rotatable bonds is 1. The lowest BCUT2D eigenvalue weighted by atomic mass is 9.83. The Kier molecular flexibility index (Phi) is 2.52. The van der Waals surface area contributed by atoms with Crippen molar-refractivity contribution in [3.63, 3.8) is 0 Å². The SMILES string of the molecule is OC1C[C@H]2CCC[C@@H](C1)N2c1nc2ccccc2o1. The van der Waals surface area contributed by atoms with Crippen LogP contribution in [-0.2, 0) is 0 Å². The van der Waals surface area contributed by atoms with Crippen molar-refractivity contribution in [3.05, 3.63) is 24.3 Å². The van der Waals surface area contributed by atoms with Crippen LogP contribution < -0.4 is 4.90 Å². The first-order chi connectivity index (χ1) is 9.31. The van der Waals surface area contributed by atoms with Gasteiger partial charge in [-0.2, -0.15) is 4.98 Å². The number of fused-ring (bicyclic) bond motifs is 3. The first-order valence-electron chi connectivity index (χ1n) is 7.13. The number of piperidine rings is 2. The van der Waals surface area contributed by atoms with Crippen LogP contribution in [0.15, 0.2) is 28.7 Å². The maximum absolute atomic E-state index is 9.94. The third-order valence-electron chi connectivity index (χ3n) is 4.45. The van der Waals surface area contributed by atoms with Gasteiger partial charge in [-0.25, -0.2) is 0 Å². The molecule has 1 aromatic heterocycles. The molecule has 4 rings (SSSR count). The first-order valence-corrected chi connectivity index (χ1v) is 7.13. The number of oxazole rings is 1. The number of aromatic nitrogens is 1. The first kappa shape index (κ1) is 11.3. The number of hydrogen-bond donors (Lipinski definition) is 1. The molecule has 0 spiro atoms. The van der Waals surface area contributed by atoms with Crippen molar-refractivity contribution < 1.29 is 9.52 Å². The van der Waals surface area contributed by atoms with E-state index in [0.717, 1.165) is 42.8 Å². The van der Waals surface area contributed by atoms with Crippen LogP contribution in [0.4, 0.5) is 6.01 Å². The summed E-state index contributed by atoms with van der Waals surface area (Å²) in [6.07, 6.45) is 5.04. The van der Waals surface area contributed by atoms with Crippen LogP contribution in [0.5, 0.6) is 0 Å². The van der Waals surface area contributed by atoms with Gasteiger partial charge in [0.25, 0.3) is 6.01 Å². The summed E-state index contributed by atoms with van der Waals surface area (Å²) < 4.78 is 5.91. The average Bonchev–Trinajstić information content (AvgIpc) is 2.80. The quantitative estimate of drug-likeness (QED) is 0.854. The Bertz CT molecular complexity index is 548. The lowest BCUT2D eigenvalue weighted by Crippen LogP contribution is -2.53. The average molecular weight is 258 g/mol. The van der Waals surface area contributed by atoms with Crippen LogP contribution in [0.25, 0.3) is 11.1 Å². The van der Waals surface area contributed by atoms with E-state index in [4.69, 9.17) is 4.42 Å². The van der Waals surface area contributed by atoms with E-state index in [9.17, 15) is 5.11 Å². The van der Waals surface area contributed by atoms with Crippen molar-refractivity contribution in [2.45, 2.75) is 50.3 Å². The van der Waals surface area contributed by atoms with Crippen LogP contribution in [-0.4, -0.2) is 28.3 Å². The molecule has 2 aliphatic heterocycles. The lowest BCUT2D eigenvalue weighted by molar-refractivity contribution is 0.0900. The number of anilines is 1. The van der Waals surface area contributed by atoms with E-state index in [-0.39, 0.29) is 6.10 Å². The van der Waals surface area contributed by atoms with Gasteiger partial charge < -0.3 is 14.4 Å².